The SMILES string of the molecule is O=C([C@@H]1CC=CCC1)N1CC[C@H](c2ccc3c(c2)OCO3)C1. The van der Waals surface area contributed by atoms with Crippen molar-refractivity contribution < 1.29 is 14.3 Å². The van der Waals surface area contributed by atoms with Gasteiger partial charge in [0.1, 0.15) is 0 Å². The van der Waals surface area contributed by atoms with Crippen LogP contribution in [0.4, 0.5) is 0 Å². The molecule has 22 heavy (non-hydrogen) atoms. The van der Waals surface area contributed by atoms with Gasteiger partial charge in [-0.15, -0.1) is 0 Å². The molecule has 4 heteroatoms. The molecule has 1 aromatic rings. The van der Waals surface area contributed by atoms with Gasteiger partial charge in [0, 0.05) is 24.9 Å². The van der Waals surface area contributed by atoms with Gasteiger partial charge in [-0.25, -0.2) is 0 Å². The highest BCUT2D eigenvalue weighted by Gasteiger charge is 2.32. The number of carbonyl (C=O) groups is 1. The second-order valence-electron chi connectivity index (χ2n) is 6.36. The van der Waals surface area contributed by atoms with Crippen molar-refractivity contribution in [3.05, 3.63) is 35.9 Å². The molecule has 1 fully saturated rings. The lowest BCUT2D eigenvalue weighted by Gasteiger charge is -2.24. The van der Waals surface area contributed by atoms with Gasteiger partial charge in [-0.3, -0.25) is 4.79 Å². The highest BCUT2D eigenvalue weighted by atomic mass is 16.7. The smallest absolute Gasteiger partial charge is 0.231 e. The topological polar surface area (TPSA) is 38.8 Å². The Morgan fingerprint density at radius 3 is 2.91 bits per heavy atom. The number of carbonyl (C=O) groups excluding carboxylic acids is 1. The number of fused-ring (bicyclic) bond motifs is 1. The van der Waals surface area contributed by atoms with Crippen LogP contribution < -0.4 is 9.47 Å². The summed E-state index contributed by atoms with van der Waals surface area (Å²) < 4.78 is 10.8. The molecule has 2 aliphatic heterocycles. The first-order chi connectivity index (χ1) is 10.8. The number of ether oxygens (including phenoxy) is 2. The zero-order valence-corrected chi connectivity index (χ0v) is 12.7. The lowest BCUT2D eigenvalue weighted by molar-refractivity contribution is -0.134. The van der Waals surface area contributed by atoms with Crippen LogP contribution in [0.3, 0.4) is 0 Å². The average Bonchev–Trinajstić information content (AvgIpc) is 3.23. The number of benzene rings is 1. The summed E-state index contributed by atoms with van der Waals surface area (Å²) in [7, 11) is 0. The van der Waals surface area contributed by atoms with Gasteiger partial charge < -0.3 is 14.4 Å². The van der Waals surface area contributed by atoms with Crippen LogP contribution in [0.25, 0.3) is 0 Å². The van der Waals surface area contributed by atoms with Crippen LogP contribution in [-0.2, 0) is 4.79 Å². The van der Waals surface area contributed by atoms with Crippen LogP contribution in [0.1, 0.15) is 37.2 Å². The molecule has 2 heterocycles. The fraction of sp³-hybridized carbons (Fsp3) is 0.500. The van der Waals surface area contributed by atoms with Gasteiger partial charge in [-0.1, -0.05) is 18.2 Å². The van der Waals surface area contributed by atoms with Gasteiger partial charge in [0.15, 0.2) is 11.5 Å². The minimum Gasteiger partial charge on any atom is -0.454 e. The van der Waals surface area contributed by atoms with Crippen molar-refractivity contribution in [3.8, 4) is 11.5 Å². The molecule has 4 nitrogen and oxygen atoms in total. The third-order valence-electron chi connectivity index (χ3n) is 4.99. The number of hydrogen-bond donors (Lipinski definition) is 0. The Morgan fingerprint density at radius 2 is 2.05 bits per heavy atom. The first-order valence-corrected chi connectivity index (χ1v) is 8.14. The molecule has 0 radical (unpaired) electrons. The number of amides is 1. The van der Waals surface area contributed by atoms with Gasteiger partial charge in [0.2, 0.25) is 12.7 Å². The Hall–Kier alpha value is -1.97. The van der Waals surface area contributed by atoms with E-state index in [1.165, 1.54) is 5.56 Å². The van der Waals surface area contributed by atoms with Crippen molar-refractivity contribution in [2.24, 2.45) is 5.92 Å². The van der Waals surface area contributed by atoms with E-state index in [-0.39, 0.29) is 5.92 Å². The fourth-order valence-corrected chi connectivity index (χ4v) is 3.68. The maximum atomic E-state index is 12.6. The lowest BCUT2D eigenvalue weighted by atomic mass is 9.93. The first-order valence-electron chi connectivity index (χ1n) is 8.14. The number of rotatable bonds is 2. The molecule has 3 aliphatic rings. The molecule has 0 N–H and O–H groups in total. The first kappa shape index (κ1) is 13.7. The molecule has 1 amide bonds. The molecule has 1 saturated heterocycles. The van der Waals surface area contributed by atoms with Gasteiger partial charge in [0.05, 0.1) is 0 Å². The standard InChI is InChI=1S/C18H21NO3/c20-18(13-4-2-1-3-5-13)19-9-8-15(11-19)14-6-7-16-17(10-14)22-12-21-16/h1-2,6-7,10,13,15H,3-5,8-9,11-12H2/t13-,15+/m1/s1. The van der Waals surface area contributed by atoms with Crippen molar-refractivity contribution >= 4 is 5.91 Å². The molecule has 1 aliphatic carbocycles. The van der Waals surface area contributed by atoms with Gasteiger partial charge in [0.25, 0.3) is 0 Å². The van der Waals surface area contributed by atoms with Crippen LogP contribution in [0, 0.1) is 5.92 Å². The summed E-state index contributed by atoms with van der Waals surface area (Å²) in [5.74, 6) is 2.61. The van der Waals surface area contributed by atoms with Crippen molar-refractivity contribution in [1.82, 2.24) is 4.90 Å². The van der Waals surface area contributed by atoms with Crippen molar-refractivity contribution in [3.63, 3.8) is 0 Å². The Bertz CT molecular complexity index is 610. The predicted molar refractivity (Wildman–Crippen MR) is 83.0 cm³/mol. The molecule has 0 aromatic heterocycles. The minimum absolute atomic E-state index is 0.195. The van der Waals surface area contributed by atoms with E-state index in [1.54, 1.807) is 0 Å². The highest BCUT2D eigenvalue weighted by molar-refractivity contribution is 5.79. The molecule has 0 spiro atoms. The van der Waals surface area contributed by atoms with E-state index in [4.69, 9.17) is 9.47 Å². The maximum Gasteiger partial charge on any atom is 0.231 e. The second kappa shape index (κ2) is 5.67. The minimum atomic E-state index is 0.195. The summed E-state index contributed by atoms with van der Waals surface area (Å²) in [6.07, 6.45) is 8.31. The number of allylic oxidation sites excluding steroid dienone is 2. The van der Waals surface area contributed by atoms with Crippen LogP contribution in [-0.4, -0.2) is 30.7 Å². The van der Waals surface area contributed by atoms with Gasteiger partial charge in [-0.2, -0.15) is 0 Å². The van der Waals surface area contributed by atoms with E-state index in [2.05, 4.69) is 29.2 Å². The Kier molecular flexibility index (Phi) is 3.53. The summed E-state index contributed by atoms with van der Waals surface area (Å²) in [6.45, 7) is 2.01. The van der Waals surface area contributed by atoms with Crippen LogP contribution in [0.15, 0.2) is 30.4 Å². The van der Waals surface area contributed by atoms with Crippen molar-refractivity contribution in [2.45, 2.75) is 31.6 Å². The van der Waals surface area contributed by atoms with Gasteiger partial charge >= 0.3 is 0 Å². The predicted octanol–water partition coefficient (Wildman–Crippen LogP) is 3.09. The van der Waals surface area contributed by atoms with Crippen LogP contribution in [0.5, 0.6) is 11.5 Å². The summed E-state index contributed by atoms with van der Waals surface area (Å²) in [6, 6.07) is 6.16. The van der Waals surface area contributed by atoms with E-state index >= 15 is 0 Å². The molecule has 4 rings (SSSR count). The van der Waals surface area contributed by atoms with Crippen LogP contribution >= 0.6 is 0 Å². The number of nitrogens with zero attached hydrogens (tertiary/aromatic N) is 1. The normalized spacial score (nSPS) is 26.5. The fourth-order valence-electron chi connectivity index (χ4n) is 3.68. The average molecular weight is 299 g/mol. The van der Waals surface area contributed by atoms with Crippen LogP contribution in [0.2, 0.25) is 0 Å². The molecule has 0 bridgehead atoms. The van der Waals surface area contributed by atoms with E-state index < -0.39 is 0 Å². The molecule has 0 saturated carbocycles. The van der Waals surface area contributed by atoms with Gasteiger partial charge in [-0.05, 0) is 43.4 Å². The van der Waals surface area contributed by atoms with Crippen molar-refractivity contribution in [1.29, 1.82) is 0 Å². The molecular weight excluding hydrogens is 278 g/mol. The van der Waals surface area contributed by atoms with E-state index in [0.717, 1.165) is 50.3 Å². The summed E-state index contributed by atoms with van der Waals surface area (Å²) in [5, 5.41) is 0. The Morgan fingerprint density at radius 1 is 1.14 bits per heavy atom. The highest BCUT2D eigenvalue weighted by Crippen LogP contribution is 2.37. The molecule has 2 atom stereocenters. The number of likely N-dealkylation sites (tertiary alicyclic amines) is 1. The summed E-state index contributed by atoms with van der Waals surface area (Å²) in [5.41, 5.74) is 1.25. The zero-order valence-electron chi connectivity index (χ0n) is 12.7. The van der Waals surface area contributed by atoms with E-state index in [0.29, 0.717) is 18.6 Å². The Labute approximate surface area is 130 Å². The molecule has 116 valence electrons. The van der Waals surface area contributed by atoms with E-state index in [9.17, 15) is 4.79 Å². The molecule has 1 aromatic carbocycles. The summed E-state index contributed by atoms with van der Waals surface area (Å²) in [4.78, 5) is 14.7. The lowest BCUT2D eigenvalue weighted by Crippen LogP contribution is -2.34. The van der Waals surface area contributed by atoms with E-state index in [1.807, 2.05) is 6.07 Å². The van der Waals surface area contributed by atoms with Crippen molar-refractivity contribution in [2.75, 3.05) is 19.9 Å². The third-order valence-corrected chi connectivity index (χ3v) is 4.99. The summed E-state index contributed by atoms with van der Waals surface area (Å²) >= 11 is 0. The largest absolute Gasteiger partial charge is 0.454 e. The second-order valence-corrected chi connectivity index (χ2v) is 6.36. The molecule has 0 unspecified atom stereocenters. The molecular formula is C18H21NO3. The maximum absolute atomic E-state index is 12.6. The Balaban J connectivity index is 1.43. The monoisotopic (exact) mass is 299 g/mol. The quantitative estimate of drug-likeness (QED) is 0.788. The number of hydrogen-bond acceptors (Lipinski definition) is 3. The zero-order chi connectivity index (χ0) is 14.9. The third kappa shape index (κ3) is 2.47.